The highest BCUT2D eigenvalue weighted by molar-refractivity contribution is 7.90. The van der Waals surface area contributed by atoms with Gasteiger partial charge in [0.1, 0.15) is 22.8 Å². The monoisotopic (exact) mass is 902 g/mol. The van der Waals surface area contributed by atoms with E-state index in [0.717, 1.165) is 73.7 Å². The predicted octanol–water partition coefficient (Wildman–Crippen LogP) is 8.03. The molecule has 5 N–H and O–H groups in total. The number of nitrogens with one attached hydrogen (secondary N) is 3. The number of nitro groups is 1. The molecule has 15 nitrogen and oxygen atoms in total. The van der Waals surface area contributed by atoms with Crippen molar-refractivity contribution >= 4 is 66.9 Å². The lowest BCUT2D eigenvalue weighted by Crippen LogP contribution is -2.47. The van der Waals surface area contributed by atoms with Crippen molar-refractivity contribution in [1.82, 2.24) is 19.6 Å². The van der Waals surface area contributed by atoms with Gasteiger partial charge in [-0.05, 0) is 120 Å². The van der Waals surface area contributed by atoms with Crippen molar-refractivity contribution in [3.8, 4) is 11.5 Å². The Balaban J connectivity index is 0.941. The summed E-state index contributed by atoms with van der Waals surface area (Å²) in [6, 6.07) is 26.3. The van der Waals surface area contributed by atoms with Gasteiger partial charge in [0.2, 0.25) is 0 Å². The van der Waals surface area contributed by atoms with Crippen LogP contribution in [0.5, 0.6) is 11.5 Å². The third-order valence-electron chi connectivity index (χ3n) is 12.2. The fourth-order valence-electron chi connectivity index (χ4n) is 8.74. The largest absolute Gasteiger partial charge is 0.455 e. The molecule has 9 rings (SSSR count). The first-order valence-corrected chi connectivity index (χ1v) is 23.1. The number of carbonyl (C=O) groups is 1. The number of benzene rings is 4. The zero-order valence-corrected chi connectivity index (χ0v) is 36.5. The van der Waals surface area contributed by atoms with Crippen molar-refractivity contribution in [2.75, 3.05) is 68.4 Å². The molecular weight excluding hydrogens is 856 g/mol. The van der Waals surface area contributed by atoms with Crippen LogP contribution in [0.1, 0.15) is 46.3 Å². The molecule has 0 spiro atoms. The van der Waals surface area contributed by atoms with E-state index in [0.29, 0.717) is 49.3 Å². The number of aryl methyl sites for hydroxylation is 1. The van der Waals surface area contributed by atoms with E-state index in [1.54, 1.807) is 24.4 Å². The molecule has 4 aromatic carbocycles. The van der Waals surface area contributed by atoms with Gasteiger partial charge in [0.25, 0.3) is 21.6 Å². The summed E-state index contributed by atoms with van der Waals surface area (Å²) < 4.78 is 41.3. The number of aromatic nitrogens is 2. The predicted molar refractivity (Wildman–Crippen MR) is 248 cm³/mol. The highest BCUT2D eigenvalue weighted by Crippen LogP contribution is 2.39. The second kappa shape index (κ2) is 18.3. The molecule has 2 saturated heterocycles. The Morgan fingerprint density at radius 2 is 1.77 bits per heavy atom. The van der Waals surface area contributed by atoms with E-state index in [2.05, 4.69) is 54.1 Å². The summed E-state index contributed by atoms with van der Waals surface area (Å²) >= 11 is 6.29. The second-order valence-electron chi connectivity index (χ2n) is 16.3. The number of halogens is 1. The van der Waals surface area contributed by atoms with Crippen LogP contribution in [0.25, 0.3) is 16.6 Å². The fourth-order valence-corrected chi connectivity index (χ4v) is 9.85. The Kier molecular flexibility index (Phi) is 12.3. The molecule has 4 heterocycles. The Hall–Kier alpha value is -6.46. The summed E-state index contributed by atoms with van der Waals surface area (Å²) in [6.45, 7) is 5.43. The van der Waals surface area contributed by atoms with Gasteiger partial charge in [-0.1, -0.05) is 29.8 Å². The number of hydrogen-bond donors (Lipinski definition) is 4. The van der Waals surface area contributed by atoms with Crippen molar-refractivity contribution in [2.45, 2.75) is 30.6 Å². The molecule has 2 aromatic heterocycles. The maximum absolute atomic E-state index is 14.0. The van der Waals surface area contributed by atoms with E-state index in [4.69, 9.17) is 26.8 Å². The van der Waals surface area contributed by atoms with Crippen molar-refractivity contribution in [3.05, 3.63) is 146 Å². The van der Waals surface area contributed by atoms with Gasteiger partial charge in [0, 0.05) is 92.6 Å². The zero-order valence-electron chi connectivity index (χ0n) is 34.9. The number of nitro benzene ring substituents is 1. The second-order valence-corrected chi connectivity index (χ2v) is 18.5. The van der Waals surface area contributed by atoms with Crippen LogP contribution in [0.2, 0.25) is 5.02 Å². The van der Waals surface area contributed by atoms with Crippen LogP contribution in [0.4, 0.5) is 22.7 Å². The van der Waals surface area contributed by atoms with Crippen LogP contribution in [-0.4, -0.2) is 86.6 Å². The van der Waals surface area contributed by atoms with Crippen molar-refractivity contribution < 1.29 is 27.6 Å². The molecule has 6 aromatic rings. The summed E-state index contributed by atoms with van der Waals surface area (Å²) in [5.41, 5.74) is 14.2. The maximum atomic E-state index is 14.0. The first kappa shape index (κ1) is 42.8. The number of nitrogens with zero attached hydrogens (tertiary/aromatic N) is 4. The number of rotatable bonds is 13. The highest BCUT2D eigenvalue weighted by Gasteiger charge is 2.28. The Labute approximate surface area is 375 Å². The standard InChI is InChI=1S/C47H47ClN8O7S/c48-35-5-3-31(4-6-35)45-34(2-1-32-23-36(49)7-10-40(32)45)29-54-17-19-55(20-18-54)37-8-11-41(44(25-37)63-38-24-33-13-16-50-46(33)52-28-38)47(57)53-64(60,61)39-9-12-42(43(26-39)56(58)59)51-27-30-14-21-62-22-15-30/h3-13,16,23-26,28,30,51H,1-2,14-15,17-22,27,29,49H2,(H,50,52)(H,53,57). The number of fused-ring (bicyclic) bond motifs is 2. The average molecular weight is 903 g/mol. The number of anilines is 3. The number of H-pyrrole nitrogens is 1. The molecule has 0 radical (unpaired) electrons. The fraction of sp³-hybridized carbons (Fsp3) is 0.277. The molecule has 64 heavy (non-hydrogen) atoms. The van der Waals surface area contributed by atoms with Crippen LogP contribution in [0, 0.1) is 16.0 Å². The Morgan fingerprint density at radius 1 is 0.969 bits per heavy atom. The topological polar surface area (TPSA) is 198 Å². The summed E-state index contributed by atoms with van der Waals surface area (Å²) in [5.74, 6) is -0.245. The molecule has 3 aliphatic rings. The van der Waals surface area contributed by atoms with Gasteiger partial charge in [-0.25, -0.2) is 18.1 Å². The smallest absolute Gasteiger partial charge is 0.293 e. The zero-order chi connectivity index (χ0) is 44.4. The Bertz CT molecular complexity index is 2870. The number of nitrogen functional groups attached to an aromatic ring is 1. The summed E-state index contributed by atoms with van der Waals surface area (Å²) in [4.78, 5) is 37.1. The van der Waals surface area contributed by atoms with Gasteiger partial charge >= 0.3 is 0 Å². The molecule has 1 amide bonds. The third-order valence-corrected chi connectivity index (χ3v) is 13.8. The van der Waals surface area contributed by atoms with Gasteiger partial charge < -0.3 is 30.4 Å². The molecule has 330 valence electrons. The Morgan fingerprint density at radius 3 is 2.55 bits per heavy atom. The van der Waals surface area contributed by atoms with E-state index in [1.807, 2.05) is 24.3 Å². The molecule has 2 fully saturated rings. The van der Waals surface area contributed by atoms with Crippen LogP contribution in [-0.2, 0) is 21.2 Å². The number of piperazine rings is 1. The molecule has 0 unspecified atom stereocenters. The first-order valence-electron chi connectivity index (χ1n) is 21.2. The van der Waals surface area contributed by atoms with Gasteiger partial charge in [-0.2, -0.15) is 0 Å². The number of nitrogens with two attached hydrogens (primary N) is 1. The molecule has 0 saturated carbocycles. The number of carbonyl (C=O) groups excluding carboxylic acids is 1. The number of aromatic amines is 1. The van der Waals surface area contributed by atoms with Crippen molar-refractivity contribution in [3.63, 3.8) is 0 Å². The van der Waals surface area contributed by atoms with Gasteiger partial charge in [-0.3, -0.25) is 19.8 Å². The lowest BCUT2D eigenvalue weighted by Gasteiger charge is -2.37. The van der Waals surface area contributed by atoms with Crippen molar-refractivity contribution in [2.24, 2.45) is 5.92 Å². The summed E-state index contributed by atoms with van der Waals surface area (Å²) in [6.07, 6.45) is 6.73. The van der Waals surface area contributed by atoms with Crippen LogP contribution in [0.15, 0.2) is 114 Å². The normalized spacial score (nSPS) is 16.1. The van der Waals surface area contributed by atoms with E-state index in [-0.39, 0.29) is 22.9 Å². The van der Waals surface area contributed by atoms with E-state index < -0.39 is 31.4 Å². The van der Waals surface area contributed by atoms with E-state index in [1.165, 1.54) is 46.7 Å². The van der Waals surface area contributed by atoms with Gasteiger partial charge in [-0.15, -0.1) is 0 Å². The van der Waals surface area contributed by atoms with Crippen LogP contribution in [0.3, 0.4) is 0 Å². The van der Waals surface area contributed by atoms with Crippen molar-refractivity contribution in [1.29, 1.82) is 0 Å². The van der Waals surface area contributed by atoms with Crippen LogP contribution < -0.4 is 25.4 Å². The minimum absolute atomic E-state index is 0.0506. The molecule has 0 bridgehead atoms. The molecule has 0 atom stereocenters. The molecule has 17 heteroatoms. The van der Waals surface area contributed by atoms with E-state index >= 15 is 0 Å². The third kappa shape index (κ3) is 9.40. The number of ether oxygens (including phenoxy) is 2. The quantitative estimate of drug-likeness (QED) is 0.0495. The number of amides is 1. The van der Waals surface area contributed by atoms with Gasteiger partial charge in [0.15, 0.2) is 0 Å². The highest BCUT2D eigenvalue weighted by atomic mass is 35.5. The SMILES string of the molecule is Nc1ccc2c(c1)CCC(CN1CCN(c3ccc(C(=O)NS(=O)(=O)c4ccc(NCC5CCOCC5)c([N+](=O)[O-])c4)c(Oc4cnc5[nH]ccc5c4)c3)CC1)=C2c1ccc(Cl)cc1. The summed E-state index contributed by atoms with van der Waals surface area (Å²) in [5, 5.41) is 16.7. The molecule has 2 aliphatic heterocycles. The number of hydrogen-bond acceptors (Lipinski definition) is 12. The lowest BCUT2D eigenvalue weighted by atomic mass is 9.81. The average Bonchev–Trinajstić information content (AvgIpc) is 3.77. The minimum Gasteiger partial charge on any atom is -0.455 e. The van der Waals surface area contributed by atoms with Crippen LogP contribution >= 0.6 is 11.6 Å². The first-order chi connectivity index (χ1) is 31.0. The van der Waals surface area contributed by atoms with Gasteiger partial charge in [0.05, 0.1) is 21.6 Å². The maximum Gasteiger partial charge on any atom is 0.293 e. The molecule has 1 aliphatic carbocycles. The number of sulfonamides is 1. The summed E-state index contributed by atoms with van der Waals surface area (Å²) in [7, 11) is -4.57. The molecular formula is C47H47ClN8O7S. The number of pyridine rings is 1. The van der Waals surface area contributed by atoms with E-state index in [9.17, 15) is 23.3 Å². The lowest BCUT2D eigenvalue weighted by molar-refractivity contribution is -0.384. The minimum atomic E-state index is -4.57.